The van der Waals surface area contributed by atoms with Crippen molar-refractivity contribution in [2.45, 2.75) is 19.9 Å². The van der Waals surface area contributed by atoms with Crippen LogP contribution in [0.4, 0.5) is 10.5 Å². The lowest BCUT2D eigenvalue weighted by Crippen LogP contribution is -2.43. The molecule has 0 saturated carbocycles. The molecule has 0 spiro atoms. The fourth-order valence-corrected chi connectivity index (χ4v) is 1.36. The van der Waals surface area contributed by atoms with Gasteiger partial charge in [0.15, 0.2) is 0 Å². The maximum Gasteiger partial charge on any atom is 0.318 e. The molecule has 1 aromatic rings. The molecule has 1 atom stereocenters. The summed E-state index contributed by atoms with van der Waals surface area (Å²) >= 11 is 0. The van der Waals surface area contributed by atoms with E-state index in [0.29, 0.717) is 6.61 Å². The Kier molecular flexibility index (Phi) is 4.98. The van der Waals surface area contributed by atoms with Crippen LogP contribution < -0.4 is 21.1 Å². The molecule has 0 aromatic heterocycles. The Morgan fingerprint density at radius 2 is 1.94 bits per heavy atom. The van der Waals surface area contributed by atoms with Crippen LogP contribution in [0.25, 0.3) is 0 Å². The van der Waals surface area contributed by atoms with E-state index < -0.39 is 18.0 Å². The number of carbonyl (C=O) groups excluding carboxylic acids is 2. The number of primary amides is 1. The number of urea groups is 1. The fraction of sp³-hybridized carbons (Fsp3) is 0.333. The molecular weight excluding hydrogens is 234 g/mol. The van der Waals surface area contributed by atoms with Gasteiger partial charge >= 0.3 is 6.03 Å². The van der Waals surface area contributed by atoms with E-state index in [1.165, 1.54) is 0 Å². The molecule has 1 rings (SSSR count). The number of nitrogens with two attached hydrogens (primary N) is 1. The zero-order valence-corrected chi connectivity index (χ0v) is 10.4. The van der Waals surface area contributed by atoms with E-state index in [1.54, 1.807) is 31.2 Å². The molecule has 0 aliphatic heterocycles. The predicted octanol–water partition coefficient (Wildman–Crippen LogP) is 1.08. The average molecular weight is 251 g/mol. The normalized spacial score (nSPS) is 11.4. The molecule has 0 bridgehead atoms. The molecule has 6 heteroatoms. The maximum atomic E-state index is 11.4. The van der Waals surface area contributed by atoms with Crippen LogP contribution in [0.5, 0.6) is 5.75 Å². The highest BCUT2D eigenvalue weighted by atomic mass is 16.5. The Bertz CT molecular complexity index is 417. The number of hydrogen-bond acceptors (Lipinski definition) is 4. The number of amides is 3. The summed E-state index contributed by atoms with van der Waals surface area (Å²) in [7, 11) is 0. The van der Waals surface area contributed by atoms with Crippen LogP contribution in [0.3, 0.4) is 0 Å². The molecule has 1 unspecified atom stereocenters. The second kappa shape index (κ2) is 6.48. The zero-order valence-electron chi connectivity index (χ0n) is 10.4. The van der Waals surface area contributed by atoms with E-state index in [4.69, 9.17) is 10.5 Å². The number of carbonyl (C=O) groups is 2. The van der Waals surface area contributed by atoms with Gasteiger partial charge in [-0.15, -0.1) is 0 Å². The number of benzene rings is 1. The number of ether oxygens (including phenoxy) is 1. The van der Waals surface area contributed by atoms with E-state index in [0.717, 1.165) is 11.4 Å². The largest absolute Gasteiger partial charge is 0.494 e. The van der Waals surface area contributed by atoms with Gasteiger partial charge in [-0.2, -0.15) is 0 Å². The first-order valence-electron chi connectivity index (χ1n) is 5.62. The summed E-state index contributed by atoms with van der Waals surface area (Å²) in [5, 5.41) is 4.95. The number of imide groups is 1. The van der Waals surface area contributed by atoms with Crippen molar-refractivity contribution < 1.29 is 14.3 Å². The van der Waals surface area contributed by atoms with Crippen molar-refractivity contribution in [2.75, 3.05) is 11.9 Å². The molecule has 6 nitrogen and oxygen atoms in total. The van der Waals surface area contributed by atoms with E-state index in [9.17, 15) is 9.59 Å². The summed E-state index contributed by atoms with van der Waals surface area (Å²) in [6.45, 7) is 4.14. The van der Waals surface area contributed by atoms with Gasteiger partial charge in [0, 0.05) is 5.69 Å². The van der Waals surface area contributed by atoms with Gasteiger partial charge in [0.05, 0.1) is 6.61 Å². The minimum absolute atomic E-state index is 0.476. The van der Waals surface area contributed by atoms with E-state index in [-0.39, 0.29) is 0 Å². The highest BCUT2D eigenvalue weighted by Gasteiger charge is 2.13. The summed E-state index contributed by atoms with van der Waals surface area (Å²) in [5.74, 6) is 0.286. The summed E-state index contributed by atoms with van der Waals surface area (Å²) in [6, 6.07) is 5.75. The van der Waals surface area contributed by atoms with Gasteiger partial charge < -0.3 is 15.8 Å². The van der Waals surface area contributed by atoms with Gasteiger partial charge in [-0.25, -0.2) is 4.79 Å². The summed E-state index contributed by atoms with van der Waals surface area (Å²) in [4.78, 5) is 22.0. The number of anilines is 1. The van der Waals surface area contributed by atoms with E-state index >= 15 is 0 Å². The molecule has 0 fully saturated rings. The molecule has 0 heterocycles. The van der Waals surface area contributed by atoms with Crippen molar-refractivity contribution in [3.8, 4) is 5.75 Å². The Morgan fingerprint density at radius 3 is 2.44 bits per heavy atom. The third kappa shape index (κ3) is 4.32. The third-order valence-corrected chi connectivity index (χ3v) is 2.19. The Morgan fingerprint density at radius 1 is 1.33 bits per heavy atom. The summed E-state index contributed by atoms with van der Waals surface area (Å²) in [6.07, 6.45) is 0. The van der Waals surface area contributed by atoms with Gasteiger partial charge in [0.1, 0.15) is 11.8 Å². The zero-order chi connectivity index (χ0) is 13.5. The molecule has 0 radical (unpaired) electrons. The van der Waals surface area contributed by atoms with Crippen molar-refractivity contribution in [1.82, 2.24) is 5.32 Å². The number of nitrogens with one attached hydrogen (secondary N) is 2. The lowest BCUT2D eigenvalue weighted by Gasteiger charge is -2.14. The monoisotopic (exact) mass is 251 g/mol. The van der Waals surface area contributed by atoms with Crippen LogP contribution in [0.15, 0.2) is 24.3 Å². The molecule has 1 aromatic carbocycles. The van der Waals surface area contributed by atoms with Gasteiger partial charge in [-0.05, 0) is 38.1 Å². The van der Waals surface area contributed by atoms with Crippen molar-refractivity contribution in [3.63, 3.8) is 0 Å². The Hall–Kier alpha value is -2.24. The van der Waals surface area contributed by atoms with Crippen LogP contribution in [0, 0.1) is 0 Å². The SMILES string of the molecule is CCOc1ccc(NC(C)C(=O)NC(N)=O)cc1. The van der Waals surface area contributed by atoms with Crippen molar-refractivity contribution in [1.29, 1.82) is 0 Å². The van der Waals surface area contributed by atoms with Crippen LogP contribution in [0.1, 0.15) is 13.8 Å². The van der Waals surface area contributed by atoms with Gasteiger partial charge in [-0.1, -0.05) is 0 Å². The Labute approximate surface area is 105 Å². The topological polar surface area (TPSA) is 93.4 Å². The second-order valence-electron chi connectivity index (χ2n) is 3.68. The maximum absolute atomic E-state index is 11.4. The lowest BCUT2D eigenvalue weighted by atomic mass is 10.2. The van der Waals surface area contributed by atoms with Crippen molar-refractivity contribution in [2.24, 2.45) is 5.73 Å². The molecule has 0 saturated heterocycles. The van der Waals surface area contributed by atoms with Crippen molar-refractivity contribution >= 4 is 17.6 Å². The minimum atomic E-state index is -0.861. The lowest BCUT2D eigenvalue weighted by molar-refractivity contribution is -0.120. The molecular formula is C12H17N3O3. The van der Waals surface area contributed by atoms with Gasteiger partial charge in [0.2, 0.25) is 5.91 Å². The Balaban J connectivity index is 2.56. The number of rotatable bonds is 5. The van der Waals surface area contributed by atoms with Gasteiger partial charge in [0.25, 0.3) is 0 Å². The molecule has 18 heavy (non-hydrogen) atoms. The van der Waals surface area contributed by atoms with Crippen molar-refractivity contribution in [3.05, 3.63) is 24.3 Å². The standard InChI is InChI=1S/C12H17N3O3/c1-3-18-10-6-4-9(5-7-10)14-8(2)11(16)15-12(13)17/h4-8,14H,3H2,1-2H3,(H3,13,15,16,17). The first-order chi connectivity index (χ1) is 8.52. The third-order valence-electron chi connectivity index (χ3n) is 2.19. The fourth-order valence-electron chi connectivity index (χ4n) is 1.36. The number of hydrogen-bond donors (Lipinski definition) is 3. The minimum Gasteiger partial charge on any atom is -0.494 e. The first kappa shape index (κ1) is 13.8. The smallest absolute Gasteiger partial charge is 0.318 e. The molecule has 98 valence electrons. The highest BCUT2D eigenvalue weighted by molar-refractivity contribution is 5.97. The van der Waals surface area contributed by atoms with Gasteiger partial charge in [-0.3, -0.25) is 10.1 Å². The van der Waals surface area contributed by atoms with Crippen LogP contribution in [0.2, 0.25) is 0 Å². The quantitative estimate of drug-likeness (QED) is 0.730. The highest BCUT2D eigenvalue weighted by Crippen LogP contribution is 2.16. The first-order valence-corrected chi connectivity index (χ1v) is 5.62. The molecule has 0 aliphatic carbocycles. The second-order valence-corrected chi connectivity index (χ2v) is 3.68. The van der Waals surface area contributed by atoms with E-state index in [2.05, 4.69) is 5.32 Å². The molecule has 4 N–H and O–H groups in total. The van der Waals surface area contributed by atoms with Crippen LogP contribution in [-0.2, 0) is 4.79 Å². The molecule has 0 aliphatic rings. The molecule has 3 amide bonds. The van der Waals surface area contributed by atoms with Crippen LogP contribution in [-0.4, -0.2) is 24.6 Å². The van der Waals surface area contributed by atoms with E-state index in [1.807, 2.05) is 12.2 Å². The summed E-state index contributed by atoms with van der Waals surface area (Å²) < 4.78 is 5.30. The van der Waals surface area contributed by atoms with Crippen LogP contribution >= 0.6 is 0 Å². The summed E-state index contributed by atoms with van der Waals surface area (Å²) in [5.41, 5.74) is 5.62. The average Bonchev–Trinajstić information content (AvgIpc) is 2.31. The predicted molar refractivity (Wildman–Crippen MR) is 68.4 cm³/mol.